The first kappa shape index (κ1) is 18.9. The summed E-state index contributed by atoms with van der Waals surface area (Å²) in [6.07, 6.45) is 0. The Hall–Kier alpha value is -2.92. The summed E-state index contributed by atoms with van der Waals surface area (Å²) in [7, 11) is 0. The molecule has 27 heavy (non-hydrogen) atoms. The Labute approximate surface area is 158 Å². The van der Waals surface area contributed by atoms with Crippen LogP contribution in [-0.2, 0) is 4.74 Å². The van der Waals surface area contributed by atoms with Crippen molar-refractivity contribution in [3.63, 3.8) is 0 Å². The molecule has 0 aliphatic heterocycles. The molecule has 140 valence electrons. The van der Waals surface area contributed by atoms with Gasteiger partial charge in [0.2, 0.25) is 0 Å². The van der Waals surface area contributed by atoms with Crippen LogP contribution in [0.2, 0.25) is 0 Å². The molecule has 0 aliphatic rings. The molecule has 3 aromatic rings. The normalized spacial score (nSPS) is 11.5. The first-order valence-electron chi connectivity index (χ1n) is 9.24. The van der Waals surface area contributed by atoms with E-state index in [2.05, 4.69) is 26.0 Å². The number of carbonyl (C=O) groups excluding carboxylic acids is 1. The molecule has 0 aliphatic carbocycles. The van der Waals surface area contributed by atoms with E-state index in [1.807, 2.05) is 36.4 Å². The fourth-order valence-corrected chi connectivity index (χ4v) is 3.53. The highest BCUT2D eigenvalue weighted by Gasteiger charge is 2.30. The Kier molecular flexibility index (Phi) is 5.42. The molecule has 0 bridgehead atoms. The van der Waals surface area contributed by atoms with Gasteiger partial charge in [0.1, 0.15) is 22.5 Å². The van der Waals surface area contributed by atoms with Crippen LogP contribution in [-0.4, -0.2) is 25.7 Å². The van der Waals surface area contributed by atoms with Crippen molar-refractivity contribution < 1.29 is 13.9 Å². The van der Waals surface area contributed by atoms with Gasteiger partial charge in [0, 0.05) is 17.5 Å². The predicted octanol–water partition coefficient (Wildman–Crippen LogP) is 4.65. The zero-order chi connectivity index (χ0) is 19.4. The Morgan fingerprint density at radius 1 is 0.963 bits per heavy atom. The van der Waals surface area contributed by atoms with Crippen LogP contribution >= 0.6 is 0 Å². The quantitative estimate of drug-likeness (QED) is 0.362. The summed E-state index contributed by atoms with van der Waals surface area (Å²) < 4.78 is 11.0. The summed E-state index contributed by atoms with van der Waals surface area (Å²) >= 11 is 0. The SMILES string of the molecule is CCOC(=O)c1cc2ccc([N+](CC)(CC)c3ccccc3)cc2oc1=O. The molecule has 0 amide bonds. The summed E-state index contributed by atoms with van der Waals surface area (Å²) in [5.41, 5.74) is 1.92. The minimum Gasteiger partial charge on any atom is -0.462 e. The predicted molar refractivity (Wildman–Crippen MR) is 107 cm³/mol. The zero-order valence-electron chi connectivity index (χ0n) is 15.9. The van der Waals surface area contributed by atoms with E-state index in [-0.39, 0.29) is 12.2 Å². The second-order valence-corrected chi connectivity index (χ2v) is 6.33. The van der Waals surface area contributed by atoms with Crippen LogP contribution < -0.4 is 10.1 Å². The number of rotatable bonds is 6. The zero-order valence-corrected chi connectivity index (χ0v) is 15.9. The highest BCUT2D eigenvalue weighted by atomic mass is 16.5. The van der Waals surface area contributed by atoms with Crippen molar-refractivity contribution in [3.05, 3.63) is 70.6 Å². The molecule has 0 unspecified atom stereocenters. The highest BCUT2D eigenvalue weighted by molar-refractivity contribution is 5.93. The Bertz CT molecular complexity index is 1000. The molecule has 0 N–H and O–H groups in total. The summed E-state index contributed by atoms with van der Waals surface area (Å²) in [6.45, 7) is 7.90. The van der Waals surface area contributed by atoms with Crippen molar-refractivity contribution in [3.8, 4) is 0 Å². The molecule has 1 heterocycles. The van der Waals surface area contributed by atoms with E-state index in [1.54, 1.807) is 6.92 Å². The molecule has 5 nitrogen and oxygen atoms in total. The summed E-state index contributed by atoms with van der Waals surface area (Å²) in [6, 6.07) is 17.6. The van der Waals surface area contributed by atoms with Gasteiger partial charge in [-0.2, -0.15) is 0 Å². The summed E-state index contributed by atoms with van der Waals surface area (Å²) in [4.78, 5) is 24.2. The molecule has 2 aromatic carbocycles. The van der Waals surface area contributed by atoms with Crippen molar-refractivity contribution in [1.29, 1.82) is 0 Å². The lowest BCUT2D eigenvalue weighted by molar-refractivity contribution is 0.0522. The van der Waals surface area contributed by atoms with Crippen molar-refractivity contribution >= 4 is 28.3 Å². The van der Waals surface area contributed by atoms with E-state index in [9.17, 15) is 9.59 Å². The second-order valence-electron chi connectivity index (χ2n) is 6.33. The van der Waals surface area contributed by atoms with Gasteiger partial charge in [-0.25, -0.2) is 9.59 Å². The molecule has 0 atom stereocenters. The fraction of sp³-hybridized carbons (Fsp3) is 0.273. The summed E-state index contributed by atoms with van der Waals surface area (Å²) in [5, 5.41) is 0.694. The number of para-hydroxylation sites is 1. The van der Waals surface area contributed by atoms with E-state index < -0.39 is 11.6 Å². The van der Waals surface area contributed by atoms with Gasteiger partial charge in [-0.1, -0.05) is 18.2 Å². The number of benzene rings is 2. The lowest BCUT2D eigenvalue weighted by Crippen LogP contribution is -2.43. The van der Waals surface area contributed by atoms with Gasteiger partial charge in [0.05, 0.1) is 19.7 Å². The number of quaternary nitrogens is 1. The van der Waals surface area contributed by atoms with Crippen molar-refractivity contribution in [1.82, 2.24) is 4.48 Å². The third kappa shape index (κ3) is 3.38. The largest absolute Gasteiger partial charge is 0.462 e. The molecule has 1 aromatic heterocycles. The minimum absolute atomic E-state index is 0.0769. The van der Waals surface area contributed by atoms with E-state index in [4.69, 9.17) is 9.15 Å². The maximum Gasteiger partial charge on any atom is 0.351 e. The topological polar surface area (TPSA) is 56.5 Å². The van der Waals surface area contributed by atoms with Crippen LogP contribution in [0.5, 0.6) is 0 Å². The number of hydrogen-bond acceptors (Lipinski definition) is 4. The number of esters is 1. The molecule has 3 rings (SSSR count). The molecule has 0 fully saturated rings. The van der Waals surface area contributed by atoms with Crippen LogP contribution in [0.25, 0.3) is 11.0 Å². The standard InChI is InChI=1S/C22H24NO4/c1-4-23(5-2,17-10-8-7-9-11-17)18-13-12-16-14-19(21(24)26-6-3)22(25)27-20(16)15-18/h7-15H,4-6H2,1-3H3/q+1. The number of carbonyl (C=O) groups is 1. The Balaban J connectivity index is 2.14. The average molecular weight is 366 g/mol. The monoisotopic (exact) mass is 366 g/mol. The van der Waals surface area contributed by atoms with Gasteiger partial charge < -0.3 is 9.15 Å². The highest BCUT2D eigenvalue weighted by Crippen LogP contribution is 2.35. The first-order valence-corrected chi connectivity index (χ1v) is 9.24. The average Bonchev–Trinajstić information content (AvgIpc) is 2.69. The second kappa shape index (κ2) is 7.76. The molecule has 0 radical (unpaired) electrons. The van der Waals surface area contributed by atoms with Crippen molar-refractivity contribution in [2.24, 2.45) is 0 Å². The molecule has 0 saturated carbocycles. The van der Waals surface area contributed by atoms with E-state index in [1.165, 1.54) is 11.8 Å². The molecular formula is C22H24NO4+. The van der Waals surface area contributed by atoms with Gasteiger partial charge >= 0.3 is 11.6 Å². The van der Waals surface area contributed by atoms with Crippen molar-refractivity contribution in [2.45, 2.75) is 20.8 Å². The smallest absolute Gasteiger partial charge is 0.351 e. The number of ether oxygens (including phenoxy) is 1. The van der Waals surface area contributed by atoms with Gasteiger partial charge in [-0.3, -0.25) is 4.48 Å². The lowest BCUT2D eigenvalue weighted by atomic mass is 10.1. The van der Waals surface area contributed by atoms with E-state index in [0.29, 0.717) is 15.5 Å². The lowest BCUT2D eigenvalue weighted by Gasteiger charge is -2.35. The van der Waals surface area contributed by atoms with Gasteiger partial charge in [-0.05, 0) is 45.0 Å². The molecule has 5 heteroatoms. The van der Waals surface area contributed by atoms with Crippen LogP contribution in [0.15, 0.2) is 63.8 Å². The third-order valence-electron chi connectivity index (χ3n) is 5.04. The maximum absolute atomic E-state index is 12.2. The molecular weight excluding hydrogens is 342 g/mol. The number of fused-ring (bicyclic) bond motifs is 1. The van der Waals surface area contributed by atoms with E-state index >= 15 is 0 Å². The molecule has 0 spiro atoms. The Morgan fingerprint density at radius 3 is 2.30 bits per heavy atom. The van der Waals surface area contributed by atoms with E-state index in [0.717, 1.165) is 18.8 Å². The molecule has 0 saturated heterocycles. The van der Waals surface area contributed by atoms with Gasteiger partial charge in [-0.15, -0.1) is 0 Å². The van der Waals surface area contributed by atoms with Gasteiger partial charge in [0.25, 0.3) is 0 Å². The van der Waals surface area contributed by atoms with Crippen LogP contribution in [0.1, 0.15) is 31.1 Å². The Morgan fingerprint density at radius 2 is 1.67 bits per heavy atom. The fourth-order valence-electron chi connectivity index (χ4n) is 3.53. The number of hydrogen-bond donors (Lipinski definition) is 0. The van der Waals surface area contributed by atoms with Crippen LogP contribution in [0.3, 0.4) is 0 Å². The van der Waals surface area contributed by atoms with Gasteiger partial charge in [0.15, 0.2) is 0 Å². The van der Waals surface area contributed by atoms with Crippen LogP contribution in [0, 0.1) is 0 Å². The minimum atomic E-state index is -0.677. The first-order chi connectivity index (χ1) is 13.1. The third-order valence-corrected chi connectivity index (χ3v) is 5.04. The number of nitrogens with zero attached hydrogens (tertiary/aromatic N) is 1. The van der Waals surface area contributed by atoms with Crippen LogP contribution in [0.4, 0.5) is 11.4 Å². The van der Waals surface area contributed by atoms with Crippen molar-refractivity contribution in [2.75, 3.05) is 19.7 Å². The summed E-state index contributed by atoms with van der Waals surface area (Å²) in [5.74, 6) is -0.659. The maximum atomic E-state index is 12.2.